The third-order valence-corrected chi connectivity index (χ3v) is 1.76. The second kappa shape index (κ2) is 3.22. The van der Waals surface area contributed by atoms with Crippen LogP contribution in [0.1, 0.15) is 0 Å². The summed E-state index contributed by atoms with van der Waals surface area (Å²) >= 11 is 0. The molecular formula is C9H9FO3. The molecule has 1 heterocycles. The fourth-order valence-electron chi connectivity index (χ4n) is 0.931. The lowest BCUT2D eigenvalue weighted by atomic mass is 10.3. The van der Waals surface area contributed by atoms with Gasteiger partial charge in [-0.05, 0) is 12.1 Å². The number of hydrogen-bond donors (Lipinski definition) is 1. The van der Waals surface area contributed by atoms with Gasteiger partial charge in [-0.1, -0.05) is 0 Å². The van der Waals surface area contributed by atoms with Gasteiger partial charge in [-0.25, -0.2) is 4.39 Å². The molecule has 2 rings (SSSR count). The van der Waals surface area contributed by atoms with Gasteiger partial charge in [0.15, 0.2) is 11.6 Å². The lowest BCUT2D eigenvalue weighted by molar-refractivity contribution is 0.261. The van der Waals surface area contributed by atoms with E-state index in [-0.39, 0.29) is 11.9 Å². The fraction of sp³-hybridized carbons (Fsp3) is 0.333. The van der Waals surface area contributed by atoms with E-state index in [0.717, 1.165) is 6.07 Å². The third-order valence-electron chi connectivity index (χ3n) is 1.76. The Labute approximate surface area is 74.7 Å². The average Bonchev–Trinajstić information content (AvgIpc) is 2.91. The summed E-state index contributed by atoms with van der Waals surface area (Å²) in [6, 6.07) is 3.93. The van der Waals surface area contributed by atoms with Gasteiger partial charge in [0.2, 0.25) is 0 Å². The van der Waals surface area contributed by atoms with E-state index in [0.29, 0.717) is 19.0 Å². The van der Waals surface area contributed by atoms with Crippen LogP contribution in [0.25, 0.3) is 0 Å². The van der Waals surface area contributed by atoms with E-state index in [1.807, 2.05) is 0 Å². The van der Waals surface area contributed by atoms with Crippen molar-refractivity contribution in [1.82, 2.24) is 0 Å². The number of benzene rings is 1. The summed E-state index contributed by atoms with van der Waals surface area (Å²) in [5.74, 6) is -0.630. The Morgan fingerprint density at radius 3 is 3.00 bits per heavy atom. The summed E-state index contributed by atoms with van der Waals surface area (Å²) in [5, 5.41) is 8.88. The van der Waals surface area contributed by atoms with Crippen molar-refractivity contribution in [3.63, 3.8) is 0 Å². The highest BCUT2D eigenvalue weighted by Gasteiger charge is 2.23. The van der Waals surface area contributed by atoms with Crippen LogP contribution >= 0.6 is 0 Å². The molecule has 0 unspecified atom stereocenters. The second-order valence-electron chi connectivity index (χ2n) is 2.88. The standard InChI is InChI=1S/C9H9FO3/c10-8-3-6(1-2-9(8)11)12-4-7-5-13-7/h1-3,7,11H,4-5H2/t7-/m1/s1. The maximum absolute atomic E-state index is 12.8. The predicted octanol–water partition coefficient (Wildman–Crippen LogP) is 1.31. The van der Waals surface area contributed by atoms with E-state index in [9.17, 15) is 4.39 Å². The number of phenolic OH excluding ortho intramolecular Hbond substituents is 1. The van der Waals surface area contributed by atoms with Crippen LogP contribution in [-0.2, 0) is 4.74 Å². The number of rotatable bonds is 3. The van der Waals surface area contributed by atoms with Crippen molar-refractivity contribution < 1.29 is 19.0 Å². The molecule has 0 radical (unpaired) electrons. The molecule has 1 aliphatic heterocycles. The highest BCUT2D eigenvalue weighted by molar-refractivity contribution is 5.31. The number of halogens is 1. The molecular weight excluding hydrogens is 175 g/mol. The molecule has 0 bridgehead atoms. The smallest absolute Gasteiger partial charge is 0.168 e. The van der Waals surface area contributed by atoms with Crippen molar-refractivity contribution in [2.45, 2.75) is 6.10 Å². The van der Waals surface area contributed by atoms with E-state index in [1.54, 1.807) is 0 Å². The highest BCUT2D eigenvalue weighted by atomic mass is 19.1. The average molecular weight is 184 g/mol. The molecule has 1 N–H and O–H groups in total. The predicted molar refractivity (Wildman–Crippen MR) is 43.3 cm³/mol. The SMILES string of the molecule is Oc1ccc(OC[C@@H]2CO2)cc1F. The van der Waals surface area contributed by atoms with Gasteiger partial charge in [-0.2, -0.15) is 0 Å². The lowest BCUT2D eigenvalue weighted by Gasteiger charge is -2.04. The minimum Gasteiger partial charge on any atom is -0.505 e. The Kier molecular flexibility index (Phi) is 2.06. The zero-order chi connectivity index (χ0) is 9.26. The van der Waals surface area contributed by atoms with Gasteiger partial charge in [0, 0.05) is 6.07 Å². The molecule has 13 heavy (non-hydrogen) atoms. The maximum Gasteiger partial charge on any atom is 0.168 e. The Hall–Kier alpha value is -1.29. The first-order valence-corrected chi connectivity index (χ1v) is 3.98. The van der Waals surface area contributed by atoms with E-state index in [4.69, 9.17) is 14.6 Å². The fourth-order valence-corrected chi connectivity index (χ4v) is 0.931. The molecule has 0 spiro atoms. The maximum atomic E-state index is 12.8. The van der Waals surface area contributed by atoms with Gasteiger partial charge in [0.25, 0.3) is 0 Å². The van der Waals surface area contributed by atoms with E-state index < -0.39 is 5.82 Å². The van der Waals surface area contributed by atoms with Crippen molar-refractivity contribution in [2.24, 2.45) is 0 Å². The van der Waals surface area contributed by atoms with E-state index >= 15 is 0 Å². The minimum atomic E-state index is -0.672. The summed E-state index contributed by atoms with van der Waals surface area (Å²) in [4.78, 5) is 0. The molecule has 1 fully saturated rings. The first-order chi connectivity index (χ1) is 6.25. The summed E-state index contributed by atoms with van der Waals surface area (Å²) in [5.41, 5.74) is 0. The van der Waals surface area contributed by atoms with Crippen LogP contribution in [-0.4, -0.2) is 24.4 Å². The lowest BCUT2D eigenvalue weighted by Crippen LogP contribution is -2.03. The largest absolute Gasteiger partial charge is 0.505 e. The monoisotopic (exact) mass is 184 g/mol. The molecule has 0 aliphatic carbocycles. The molecule has 4 heteroatoms. The van der Waals surface area contributed by atoms with Crippen LogP contribution in [0.3, 0.4) is 0 Å². The third kappa shape index (κ3) is 2.09. The minimum absolute atomic E-state index is 0.150. The van der Waals surface area contributed by atoms with Crippen LogP contribution in [0.2, 0.25) is 0 Å². The first-order valence-electron chi connectivity index (χ1n) is 3.98. The van der Waals surface area contributed by atoms with Gasteiger partial charge in [-0.3, -0.25) is 0 Å². The van der Waals surface area contributed by atoms with Crippen molar-refractivity contribution >= 4 is 0 Å². The summed E-state index contributed by atoms with van der Waals surface area (Å²) in [6.07, 6.45) is 0.150. The zero-order valence-electron chi connectivity index (χ0n) is 6.87. The highest BCUT2D eigenvalue weighted by Crippen LogP contribution is 2.22. The summed E-state index contributed by atoms with van der Waals surface area (Å²) in [6.45, 7) is 1.14. The quantitative estimate of drug-likeness (QED) is 0.720. The van der Waals surface area contributed by atoms with Crippen LogP contribution < -0.4 is 4.74 Å². The van der Waals surface area contributed by atoms with Gasteiger partial charge in [-0.15, -0.1) is 0 Å². The first kappa shape index (κ1) is 8.31. The molecule has 0 amide bonds. The number of epoxide rings is 1. The van der Waals surface area contributed by atoms with Crippen molar-refractivity contribution in [3.05, 3.63) is 24.0 Å². The number of hydrogen-bond acceptors (Lipinski definition) is 3. The molecule has 3 nitrogen and oxygen atoms in total. The van der Waals surface area contributed by atoms with Crippen LogP contribution in [0.4, 0.5) is 4.39 Å². The molecule has 1 saturated heterocycles. The molecule has 1 aromatic rings. The van der Waals surface area contributed by atoms with Gasteiger partial charge in [0.1, 0.15) is 18.5 Å². The second-order valence-corrected chi connectivity index (χ2v) is 2.88. The molecule has 1 aliphatic rings. The molecule has 1 atom stereocenters. The van der Waals surface area contributed by atoms with Crippen molar-refractivity contribution in [1.29, 1.82) is 0 Å². The summed E-state index contributed by atoms with van der Waals surface area (Å²) < 4.78 is 22.9. The number of phenols is 1. The molecule has 1 aromatic carbocycles. The van der Waals surface area contributed by atoms with Crippen LogP contribution in [0, 0.1) is 5.82 Å². The normalized spacial score (nSPS) is 19.9. The van der Waals surface area contributed by atoms with Crippen LogP contribution in [0.15, 0.2) is 18.2 Å². The van der Waals surface area contributed by atoms with E-state index in [1.165, 1.54) is 12.1 Å². The Balaban J connectivity index is 1.98. The number of aromatic hydroxyl groups is 1. The zero-order valence-corrected chi connectivity index (χ0v) is 6.87. The Bertz CT molecular complexity index is 310. The summed E-state index contributed by atoms with van der Waals surface area (Å²) in [7, 11) is 0. The molecule has 0 aromatic heterocycles. The van der Waals surface area contributed by atoms with Gasteiger partial charge < -0.3 is 14.6 Å². The number of ether oxygens (including phenoxy) is 2. The molecule has 0 saturated carbocycles. The topological polar surface area (TPSA) is 42.0 Å². The van der Waals surface area contributed by atoms with Crippen LogP contribution in [0.5, 0.6) is 11.5 Å². The molecule has 70 valence electrons. The van der Waals surface area contributed by atoms with Gasteiger partial charge in [0.05, 0.1) is 6.61 Å². The van der Waals surface area contributed by atoms with Gasteiger partial charge >= 0.3 is 0 Å². The van der Waals surface area contributed by atoms with Crippen molar-refractivity contribution in [3.8, 4) is 11.5 Å². The van der Waals surface area contributed by atoms with Crippen molar-refractivity contribution in [2.75, 3.05) is 13.2 Å². The Morgan fingerprint density at radius 2 is 2.38 bits per heavy atom. The Morgan fingerprint density at radius 1 is 1.62 bits per heavy atom. The van der Waals surface area contributed by atoms with E-state index in [2.05, 4.69) is 0 Å².